The van der Waals surface area contributed by atoms with Gasteiger partial charge in [-0.2, -0.15) is 0 Å². The number of hydrogen-bond donors (Lipinski definition) is 1. The molecule has 1 aromatic heterocycles. The molecule has 1 aromatic rings. The Kier molecular flexibility index (Phi) is 5.19. The first kappa shape index (κ1) is 15.1. The van der Waals surface area contributed by atoms with Crippen LogP contribution in [0, 0.1) is 0 Å². The van der Waals surface area contributed by atoms with Gasteiger partial charge >= 0.3 is 0 Å². The number of rotatable bonds is 6. The SMILES string of the molecule is CCCCS(=O)(=O)Nc1ccc(N2CCOCC2)cn1. The third kappa shape index (κ3) is 4.35. The fraction of sp³-hybridized carbons (Fsp3) is 0.615. The van der Waals surface area contributed by atoms with Gasteiger partial charge in [-0.1, -0.05) is 13.3 Å². The van der Waals surface area contributed by atoms with E-state index in [9.17, 15) is 8.42 Å². The molecule has 1 aliphatic rings. The minimum absolute atomic E-state index is 0.135. The Bertz CT molecular complexity index is 510. The minimum Gasteiger partial charge on any atom is -0.378 e. The summed E-state index contributed by atoms with van der Waals surface area (Å²) >= 11 is 0. The summed E-state index contributed by atoms with van der Waals surface area (Å²) in [6.07, 6.45) is 3.20. The van der Waals surface area contributed by atoms with E-state index >= 15 is 0 Å². The third-order valence-electron chi connectivity index (χ3n) is 3.15. The van der Waals surface area contributed by atoms with Crippen molar-refractivity contribution >= 4 is 21.5 Å². The van der Waals surface area contributed by atoms with Crippen molar-refractivity contribution in [3.63, 3.8) is 0 Å². The van der Waals surface area contributed by atoms with Crippen molar-refractivity contribution in [2.45, 2.75) is 19.8 Å². The van der Waals surface area contributed by atoms with E-state index in [0.717, 1.165) is 25.2 Å². The lowest BCUT2D eigenvalue weighted by Crippen LogP contribution is -2.36. The molecular formula is C13H21N3O3S. The molecule has 1 fully saturated rings. The second-order valence-electron chi connectivity index (χ2n) is 4.78. The summed E-state index contributed by atoms with van der Waals surface area (Å²) in [6, 6.07) is 3.59. The number of anilines is 2. The summed E-state index contributed by atoms with van der Waals surface area (Å²) in [7, 11) is -3.28. The van der Waals surface area contributed by atoms with Crippen molar-refractivity contribution < 1.29 is 13.2 Å². The van der Waals surface area contributed by atoms with Crippen LogP contribution in [0.15, 0.2) is 18.3 Å². The maximum absolute atomic E-state index is 11.8. The molecule has 2 heterocycles. The lowest BCUT2D eigenvalue weighted by atomic mass is 10.3. The van der Waals surface area contributed by atoms with Crippen LogP contribution in [0.2, 0.25) is 0 Å². The number of pyridine rings is 1. The summed E-state index contributed by atoms with van der Waals surface area (Å²) in [5.41, 5.74) is 0.991. The van der Waals surface area contributed by atoms with E-state index in [-0.39, 0.29) is 5.75 Å². The number of morpholine rings is 1. The molecular weight excluding hydrogens is 278 g/mol. The molecule has 1 aliphatic heterocycles. The maximum atomic E-state index is 11.8. The molecule has 20 heavy (non-hydrogen) atoms. The summed E-state index contributed by atoms with van der Waals surface area (Å²) in [4.78, 5) is 6.35. The van der Waals surface area contributed by atoms with Gasteiger partial charge in [-0.3, -0.25) is 4.72 Å². The molecule has 0 atom stereocenters. The zero-order chi connectivity index (χ0) is 14.4. The second kappa shape index (κ2) is 6.90. The Morgan fingerprint density at radius 3 is 2.70 bits per heavy atom. The van der Waals surface area contributed by atoms with E-state index in [0.29, 0.717) is 25.5 Å². The Morgan fingerprint density at radius 2 is 2.10 bits per heavy atom. The number of sulfonamides is 1. The van der Waals surface area contributed by atoms with Crippen LogP contribution >= 0.6 is 0 Å². The predicted molar refractivity (Wildman–Crippen MR) is 79.6 cm³/mol. The fourth-order valence-corrected chi connectivity index (χ4v) is 3.21. The van der Waals surface area contributed by atoms with Crippen LogP contribution in [-0.2, 0) is 14.8 Å². The van der Waals surface area contributed by atoms with Gasteiger partial charge in [0.1, 0.15) is 5.82 Å². The van der Waals surface area contributed by atoms with E-state index in [1.54, 1.807) is 12.3 Å². The average molecular weight is 299 g/mol. The number of ether oxygens (including phenoxy) is 1. The molecule has 0 bridgehead atoms. The van der Waals surface area contributed by atoms with Gasteiger partial charge in [0.05, 0.1) is 30.9 Å². The van der Waals surface area contributed by atoms with Crippen molar-refractivity contribution in [2.75, 3.05) is 41.7 Å². The zero-order valence-electron chi connectivity index (χ0n) is 11.7. The van der Waals surface area contributed by atoms with Crippen LogP contribution in [0.3, 0.4) is 0 Å². The van der Waals surface area contributed by atoms with Crippen LogP contribution in [-0.4, -0.2) is 45.5 Å². The van der Waals surface area contributed by atoms with Gasteiger partial charge in [-0.25, -0.2) is 13.4 Å². The van der Waals surface area contributed by atoms with Gasteiger partial charge in [0, 0.05) is 13.1 Å². The fourth-order valence-electron chi connectivity index (χ4n) is 2.00. The maximum Gasteiger partial charge on any atom is 0.233 e. The Hall–Kier alpha value is -1.34. The summed E-state index contributed by atoms with van der Waals surface area (Å²) in [5.74, 6) is 0.509. The monoisotopic (exact) mass is 299 g/mol. The topological polar surface area (TPSA) is 71.5 Å². The van der Waals surface area contributed by atoms with Gasteiger partial charge in [0.15, 0.2) is 0 Å². The zero-order valence-corrected chi connectivity index (χ0v) is 12.5. The number of hydrogen-bond acceptors (Lipinski definition) is 5. The van der Waals surface area contributed by atoms with Crippen LogP contribution in [0.4, 0.5) is 11.5 Å². The van der Waals surface area contributed by atoms with Crippen molar-refractivity contribution in [3.05, 3.63) is 18.3 Å². The molecule has 0 spiro atoms. The highest BCUT2D eigenvalue weighted by molar-refractivity contribution is 7.92. The molecule has 0 aromatic carbocycles. The van der Waals surface area contributed by atoms with Gasteiger partial charge in [-0.15, -0.1) is 0 Å². The van der Waals surface area contributed by atoms with Crippen LogP contribution in [0.25, 0.3) is 0 Å². The molecule has 2 rings (SSSR count). The van der Waals surface area contributed by atoms with Crippen molar-refractivity contribution in [3.8, 4) is 0 Å². The van der Waals surface area contributed by atoms with Gasteiger partial charge in [0.2, 0.25) is 10.0 Å². The first-order valence-corrected chi connectivity index (χ1v) is 8.55. The highest BCUT2D eigenvalue weighted by atomic mass is 32.2. The quantitative estimate of drug-likeness (QED) is 0.861. The van der Waals surface area contributed by atoms with Crippen molar-refractivity contribution in [1.29, 1.82) is 0 Å². The second-order valence-corrected chi connectivity index (χ2v) is 6.62. The summed E-state index contributed by atoms with van der Waals surface area (Å²) in [5, 5.41) is 0. The summed E-state index contributed by atoms with van der Waals surface area (Å²) < 4.78 is 31.3. The average Bonchev–Trinajstić information content (AvgIpc) is 2.46. The molecule has 0 aliphatic carbocycles. The number of unbranched alkanes of at least 4 members (excludes halogenated alkanes) is 1. The lowest BCUT2D eigenvalue weighted by molar-refractivity contribution is 0.122. The molecule has 0 amide bonds. The van der Waals surface area contributed by atoms with Crippen molar-refractivity contribution in [2.24, 2.45) is 0 Å². The molecule has 0 saturated carbocycles. The number of nitrogens with one attached hydrogen (secondary N) is 1. The third-order valence-corrected chi connectivity index (χ3v) is 4.50. The molecule has 1 N–H and O–H groups in total. The largest absolute Gasteiger partial charge is 0.378 e. The summed E-state index contributed by atoms with van der Waals surface area (Å²) in [6.45, 7) is 5.06. The van der Waals surface area contributed by atoms with E-state index < -0.39 is 10.0 Å². The van der Waals surface area contributed by atoms with E-state index in [1.807, 2.05) is 13.0 Å². The molecule has 0 radical (unpaired) electrons. The highest BCUT2D eigenvalue weighted by Crippen LogP contribution is 2.17. The molecule has 7 heteroatoms. The Balaban J connectivity index is 1.97. The highest BCUT2D eigenvalue weighted by Gasteiger charge is 2.13. The van der Waals surface area contributed by atoms with E-state index in [4.69, 9.17) is 4.74 Å². The van der Waals surface area contributed by atoms with Gasteiger partial charge in [0.25, 0.3) is 0 Å². The van der Waals surface area contributed by atoms with Crippen LogP contribution < -0.4 is 9.62 Å². The first-order valence-electron chi connectivity index (χ1n) is 6.90. The predicted octanol–water partition coefficient (Wildman–Crippen LogP) is 1.46. The number of nitrogens with zero attached hydrogens (tertiary/aromatic N) is 2. The molecule has 6 nitrogen and oxygen atoms in total. The van der Waals surface area contributed by atoms with Crippen LogP contribution in [0.5, 0.6) is 0 Å². The van der Waals surface area contributed by atoms with Crippen LogP contribution in [0.1, 0.15) is 19.8 Å². The standard InChI is InChI=1S/C13H21N3O3S/c1-2-3-10-20(17,18)15-13-5-4-12(11-14-13)16-6-8-19-9-7-16/h4-5,11H,2-3,6-10H2,1H3,(H,14,15). The normalized spacial score (nSPS) is 16.1. The van der Waals surface area contributed by atoms with E-state index in [2.05, 4.69) is 14.6 Å². The minimum atomic E-state index is -3.28. The lowest BCUT2D eigenvalue weighted by Gasteiger charge is -2.28. The Labute approximate surface area is 120 Å². The number of aromatic nitrogens is 1. The smallest absolute Gasteiger partial charge is 0.233 e. The van der Waals surface area contributed by atoms with Gasteiger partial charge < -0.3 is 9.64 Å². The Morgan fingerprint density at radius 1 is 1.35 bits per heavy atom. The van der Waals surface area contributed by atoms with Crippen molar-refractivity contribution in [1.82, 2.24) is 4.98 Å². The molecule has 112 valence electrons. The molecule has 1 saturated heterocycles. The molecule has 0 unspecified atom stereocenters. The van der Waals surface area contributed by atoms with Gasteiger partial charge in [-0.05, 0) is 18.6 Å². The van der Waals surface area contributed by atoms with E-state index in [1.165, 1.54) is 0 Å². The first-order chi connectivity index (χ1) is 9.61.